The molecule has 6 heteroatoms. The third-order valence-electron chi connectivity index (χ3n) is 1.50. The molecule has 0 radical (unpaired) electrons. The highest BCUT2D eigenvalue weighted by atomic mass is 35.5. The zero-order valence-corrected chi connectivity index (χ0v) is 8.97. The number of halogens is 3. The molecule has 0 atom stereocenters. The number of hydrogen-bond acceptors (Lipinski definition) is 2. The Morgan fingerprint density at radius 2 is 1.64 bits per heavy atom. The Labute approximate surface area is 95.0 Å². The molecule has 1 rings (SSSR count). The van der Waals surface area contributed by atoms with Crippen LogP contribution in [0.3, 0.4) is 0 Å². The van der Waals surface area contributed by atoms with Crippen molar-refractivity contribution in [3.63, 3.8) is 0 Å². The van der Waals surface area contributed by atoms with E-state index in [0.29, 0.717) is 5.56 Å². The average molecular weight is 252 g/mol. The summed E-state index contributed by atoms with van der Waals surface area (Å²) in [6.45, 7) is 0. The van der Waals surface area contributed by atoms with Crippen LogP contribution >= 0.6 is 34.8 Å². The summed E-state index contributed by atoms with van der Waals surface area (Å²) in [7, 11) is 0. The molecule has 3 nitrogen and oxygen atoms in total. The van der Waals surface area contributed by atoms with Crippen LogP contribution in [0.15, 0.2) is 28.8 Å². The third kappa shape index (κ3) is 2.61. The molecule has 74 valence electrons. The Balaban J connectivity index is 3.06. The van der Waals surface area contributed by atoms with Crippen LogP contribution in [0.5, 0.6) is 0 Å². The van der Waals surface area contributed by atoms with Crippen LogP contribution in [0.1, 0.15) is 5.56 Å². The lowest BCUT2D eigenvalue weighted by molar-refractivity contribution is -0.384. The van der Waals surface area contributed by atoms with E-state index in [4.69, 9.17) is 34.8 Å². The van der Waals surface area contributed by atoms with Crippen molar-refractivity contribution in [2.75, 3.05) is 0 Å². The fourth-order valence-electron chi connectivity index (χ4n) is 0.839. The molecule has 0 heterocycles. The van der Waals surface area contributed by atoms with Crippen LogP contribution < -0.4 is 0 Å². The standard InChI is InChI=1S/C8H4Cl3NO2/c9-7(8(10)11)5-1-3-6(4-2-5)12(13)14/h1-4H. The van der Waals surface area contributed by atoms with Gasteiger partial charge in [0.25, 0.3) is 5.69 Å². The van der Waals surface area contributed by atoms with E-state index in [0.717, 1.165) is 0 Å². The van der Waals surface area contributed by atoms with E-state index >= 15 is 0 Å². The van der Waals surface area contributed by atoms with Gasteiger partial charge in [0.1, 0.15) is 4.49 Å². The minimum atomic E-state index is -0.496. The van der Waals surface area contributed by atoms with E-state index in [2.05, 4.69) is 0 Å². The molecule has 0 aliphatic carbocycles. The topological polar surface area (TPSA) is 43.1 Å². The van der Waals surface area contributed by atoms with Crippen LogP contribution in [0.2, 0.25) is 0 Å². The van der Waals surface area contributed by atoms with Gasteiger partial charge in [-0.3, -0.25) is 10.1 Å². The summed E-state index contributed by atoms with van der Waals surface area (Å²) >= 11 is 16.6. The zero-order valence-electron chi connectivity index (χ0n) is 6.71. The van der Waals surface area contributed by atoms with Crippen LogP contribution in [0.4, 0.5) is 5.69 Å². The summed E-state index contributed by atoms with van der Waals surface area (Å²) in [5, 5.41) is 10.5. The largest absolute Gasteiger partial charge is 0.269 e. The summed E-state index contributed by atoms with van der Waals surface area (Å²) in [4.78, 5) is 9.83. The minimum absolute atomic E-state index is 0.0103. The van der Waals surface area contributed by atoms with E-state index in [1.165, 1.54) is 24.3 Å². The summed E-state index contributed by atoms with van der Waals surface area (Å²) in [6, 6.07) is 5.61. The molecule has 0 saturated carbocycles. The number of nitrogens with zero attached hydrogens (tertiary/aromatic N) is 1. The van der Waals surface area contributed by atoms with Crippen molar-refractivity contribution in [2.45, 2.75) is 0 Å². The van der Waals surface area contributed by atoms with Crippen molar-refractivity contribution < 1.29 is 4.92 Å². The second-order valence-electron chi connectivity index (χ2n) is 2.38. The number of hydrogen-bond donors (Lipinski definition) is 0. The van der Waals surface area contributed by atoms with Gasteiger partial charge in [-0.1, -0.05) is 34.8 Å². The van der Waals surface area contributed by atoms with Gasteiger partial charge < -0.3 is 0 Å². The van der Waals surface area contributed by atoms with E-state index < -0.39 is 4.92 Å². The van der Waals surface area contributed by atoms with Gasteiger partial charge in [0.05, 0.1) is 9.96 Å². The molecular formula is C8H4Cl3NO2. The van der Waals surface area contributed by atoms with Crippen molar-refractivity contribution in [2.24, 2.45) is 0 Å². The summed E-state index contributed by atoms with van der Waals surface area (Å²) in [5.41, 5.74) is 0.529. The molecule has 0 bridgehead atoms. The number of nitro benzene ring substituents is 1. The maximum Gasteiger partial charge on any atom is 0.269 e. The first-order chi connectivity index (χ1) is 6.52. The minimum Gasteiger partial charge on any atom is -0.258 e. The second kappa shape index (κ2) is 4.64. The van der Waals surface area contributed by atoms with Crippen LogP contribution in [0.25, 0.3) is 5.03 Å². The first-order valence-corrected chi connectivity index (χ1v) is 4.61. The molecule has 0 amide bonds. The molecular weight excluding hydrogens is 248 g/mol. The quantitative estimate of drug-likeness (QED) is 0.591. The molecule has 1 aromatic carbocycles. The average Bonchev–Trinajstić information content (AvgIpc) is 2.16. The fraction of sp³-hybridized carbons (Fsp3) is 0. The highest BCUT2D eigenvalue weighted by Crippen LogP contribution is 2.28. The van der Waals surface area contributed by atoms with E-state index in [-0.39, 0.29) is 15.2 Å². The van der Waals surface area contributed by atoms with Crippen LogP contribution in [-0.2, 0) is 0 Å². The maximum atomic E-state index is 10.3. The van der Waals surface area contributed by atoms with Gasteiger partial charge in [0, 0.05) is 12.1 Å². The lowest BCUT2D eigenvalue weighted by Crippen LogP contribution is -1.87. The molecule has 1 aromatic rings. The van der Waals surface area contributed by atoms with Crippen molar-refractivity contribution in [1.29, 1.82) is 0 Å². The molecule has 14 heavy (non-hydrogen) atoms. The SMILES string of the molecule is O=[N+]([O-])c1ccc(C(Cl)=C(Cl)Cl)cc1. The molecule has 0 aliphatic rings. The predicted octanol–water partition coefficient (Wildman–Crippen LogP) is 3.94. The van der Waals surface area contributed by atoms with Gasteiger partial charge in [-0.2, -0.15) is 0 Å². The molecule has 0 fully saturated rings. The van der Waals surface area contributed by atoms with Gasteiger partial charge >= 0.3 is 0 Å². The Morgan fingerprint density at radius 1 is 1.14 bits per heavy atom. The molecule has 0 N–H and O–H groups in total. The molecule has 0 aromatic heterocycles. The van der Waals surface area contributed by atoms with E-state index in [9.17, 15) is 10.1 Å². The number of rotatable bonds is 2. The van der Waals surface area contributed by atoms with Crippen LogP contribution in [0, 0.1) is 10.1 Å². The van der Waals surface area contributed by atoms with Crippen LogP contribution in [-0.4, -0.2) is 4.92 Å². The summed E-state index contributed by atoms with van der Waals surface area (Å²) in [6.07, 6.45) is 0. The third-order valence-corrected chi connectivity index (χ3v) is 2.48. The number of nitro groups is 1. The van der Waals surface area contributed by atoms with Gasteiger partial charge in [-0.25, -0.2) is 0 Å². The summed E-state index contributed by atoms with van der Waals surface area (Å²) in [5.74, 6) is 0. The number of non-ortho nitro benzene ring substituents is 1. The van der Waals surface area contributed by atoms with Crippen molar-refractivity contribution >= 4 is 45.5 Å². The Bertz CT molecular complexity index is 382. The van der Waals surface area contributed by atoms with Gasteiger partial charge in [-0.15, -0.1) is 0 Å². The normalized spacial score (nSPS) is 9.64. The highest BCUT2D eigenvalue weighted by molar-refractivity contribution is 6.66. The van der Waals surface area contributed by atoms with E-state index in [1.54, 1.807) is 0 Å². The van der Waals surface area contributed by atoms with Crippen molar-refractivity contribution in [1.82, 2.24) is 0 Å². The zero-order chi connectivity index (χ0) is 10.7. The Hall–Kier alpha value is -0.770. The molecule has 0 aliphatic heterocycles. The first kappa shape index (κ1) is 11.3. The Morgan fingerprint density at radius 3 is 2.00 bits per heavy atom. The second-order valence-corrected chi connectivity index (χ2v) is 3.71. The van der Waals surface area contributed by atoms with E-state index in [1.807, 2.05) is 0 Å². The molecule has 0 saturated heterocycles. The van der Waals surface area contributed by atoms with Gasteiger partial charge in [0.2, 0.25) is 0 Å². The van der Waals surface area contributed by atoms with Gasteiger partial charge in [0.15, 0.2) is 0 Å². The molecule has 0 unspecified atom stereocenters. The Kier molecular flexibility index (Phi) is 3.75. The first-order valence-electron chi connectivity index (χ1n) is 3.48. The lowest BCUT2D eigenvalue weighted by Gasteiger charge is -1.98. The predicted molar refractivity (Wildman–Crippen MR) is 57.6 cm³/mol. The summed E-state index contributed by atoms with van der Waals surface area (Å²) < 4.78 is -0.0690. The highest BCUT2D eigenvalue weighted by Gasteiger charge is 2.07. The van der Waals surface area contributed by atoms with Gasteiger partial charge in [-0.05, 0) is 17.7 Å². The monoisotopic (exact) mass is 251 g/mol. The lowest BCUT2D eigenvalue weighted by atomic mass is 10.2. The number of benzene rings is 1. The molecule has 0 spiro atoms. The fourth-order valence-corrected chi connectivity index (χ4v) is 1.18. The maximum absolute atomic E-state index is 10.3. The van der Waals surface area contributed by atoms with Crippen molar-refractivity contribution in [3.8, 4) is 0 Å². The van der Waals surface area contributed by atoms with Crippen molar-refractivity contribution in [3.05, 3.63) is 44.4 Å². The smallest absolute Gasteiger partial charge is 0.258 e.